The van der Waals surface area contributed by atoms with Crippen LogP contribution in [0, 0.1) is 0 Å². The van der Waals surface area contributed by atoms with E-state index >= 15 is 0 Å². The van der Waals surface area contributed by atoms with E-state index in [-0.39, 0.29) is 11.8 Å². The maximum atomic E-state index is 12.3. The average Bonchev–Trinajstić information content (AvgIpc) is 2.79. The number of fused-ring (bicyclic) bond motifs is 1. The van der Waals surface area contributed by atoms with Crippen LogP contribution in [0.4, 0.5) is 5.69 Å². The van der Waals surface area contributed by atoms with Crippen LogP contribution in [0.25, 0.3) is 0 Å². The van der Waals surface area contributed by atoms with Gasteiger partial charge in [-0.15, -0.1) is 11.8 Å². The Bertz CT molecular complexity index is 602. The van der Waals surface area contributed by atoms with Crippen LogP contribution in [-0.4, -0.2) is 61.7 Å². The zero-order valence-corrected chi connectivity index (χ0v) is 14.6. The van der Waals surface area contributed by atoms with Crippen molar-refractivity contribution in [2.45, 2.75) is 17.7 Å². The third-order valence-electron chi connectivity index (χ3n) is 4.25. The summed E-state index contributed by atoms with van der Waals surface area (Å²) in [6, 6.07) is 5.52. The van der Waals surface area contributed by atoms with E-state index in [1.807, 2.05) is 12.1 Å². The summed E-state index contributed by atoms with van der Waals surface area (Å²) in [6.07, 6.45) is 1.45. The molecule has 2 heterocycles. The Morgan fingerprint density at radius 1 is 1.29 bits per heavy atom. The summed E-state index contributed by atoms with van der Waals surface area (Å²) in [5.41, 5.74) is 1.34. The molecule has 0 aliphatic carbocycles. The quantitative estimate of drug-likeness (QED) is 0.696. The smallest absolute Gasteiger partial charge is 0.251 e. The molecule has 0 saturated carbocycles. The molecule has 1 saturated heterocycles. The predicted molar refractivity (Wildman–Crippen MR) is 96.7 cm³/mol. The van der Waals surface area contributed by atoms with Crippen LogP contribution in [0.15, 0.2) is 23.1 Å². The monoisotopic (exact) mass is 348 g/mol. The van der Waals surface area contributed by atoms with Gasteiger partial charge in [0.25, 0.3) is 5.91 Å². The van der Waals surface area contributed by atoms with Gasteiger partial charge in [-0.05, 0) is 31.2 Å². The lowest BCUT2D eigenvalue weighted by molar-refractivity contribution is -0.115. The van der Waals surface area contributed by atoms with E-state index in [4.69, 9.17) is 0 Å². The number of hydrogen-bond donors (Lipinski definition) is 3. The van der Waals surface area contributed by atoms with Gasteiger partial charge in [0, 0.05) is 55.4 Å². The number of nitrogens with zero attached hydrogens (tertiary/aromatic N) is 1. The van der Waals surface area contributed by atoms with Crippen LogP contribution < -0.4 is 16.0 Å². The van der Waals surface area contributed by atoms with E-state index in [0.29, 0.717) is 18.5 Å². The van der Waals surface area contributed by atoms with Crippen molar-refractivity contribution in [2.75, 3.05) is 50.3 Å². The van der Waals surface area contributed by atoms with Gasteiger partial charge in [-0.25, -0.2) is 0 Å². The van der Waals surface area contributed by atoms with Gasteiger partial charge in [-0.2, -0.15) is 0 Å². The molecule has 2 aliphatic rings. The molecule has 2 amide bonds. The zero-order chi connectivity index (χ0) is 16.8. The van der Waals surface area contributed by atoms with Gasteiger partial charge in [0.15, 0.2) is 0 Å². The Kier molecular flexibility index (Phi) is 6.12. The molecule has 0 aromatic heterocycles. The molecule has 1 aromatic rings. The molecule has 0 bridgehead atoms. The molecule has 24 heavy (non-hydrogen) atoms. The van der Waals surface area contributed by atoms with Crippen molar-refractivity contribution in [1.29, 1.82) is 0 Å². The molecule has 0 radical (unpaired) electrons. The maximum Gasteiger partial charge on any atom is 0.251 e. The van der Waals surface area contributed by atoms with Crippen molar-refractivity contribution in [3.63, 3.8) is 0 Å². The molecule has 3 rings (SSSR count). The lowest BCUT2D eigenvalue weighted by atomic mass is 10.2. The van der Waals surface area contributed by atoms with E-state index in [9.17, 15) is 9.59 Å². The Balaban J connectivity index is 1.49. The Morgan fingerprint density at radius 2 is 2.12 bits per heavy atom. The van der Waals surface area contributed by atoms with Crippen molar-refractivity contribution in [3.05, 3.63) is 23.8 Å². The van der Waals surface area contributed by atoms with Crippen molar-refractivity contribution in [1.82, 2.24) is 15.5 Å². The molecular formula is C17H24N4O2S. The highest BCUT2D eigenvalue weighted by molar-refractivity contribution is 7.99. The SMILES string of the molecule is O=C1CCSc2ccc(C(=O)NCCCN3CCNCC3)cc2N1. The van der Waals surface area contributed by atoms with Crippen LogP contribution in [0.2, 0.25) is 0 Å². The second-order valence-corrected chi connectivity index (χ2v) is 7.20. The highest BCUT2D eigenvalue weighted by Gasteiger charge is 2.16. The number of benzene rings is 1. The van der Waals surface area contributed by atoms with Gasteiger partial charge in [0.2, 0.25) is 5.91 Å². The maximum absolute atomic E-state index is 12.3. The minimum Gasteiger partial charge on any atom is -0.352 e. The number of nitrogens with one attached hydrogen (secondary N) is 3. The predicted octanol–water partition coefficient (Wildman–Crippen LogP) is 1.15. The fraction of sp³-hybridized carbons (Fsp3) is 0.529. The first kappa shape index (κ1) is 17.3. The van der Waals surface area contributed by atoms with E-state index in [1.54, 1.807) is 17.8 Å². The molecule has 1 fully saturated rings. The molecule has 6 nitrogen and oxygen atoms in total. The van der Waals surface area contributed by atoms with Crippen LogP contribution >= 0.6 is 11.8 Å². The van der Waals surface area contributed by atoms with E-state index < -0.39 is 0 Å². The molecule has 3 N–H and O–H groups in total. The van der Waals surface area contributed by atoms with Gasteiger partial charge >= 0.3 is 0 Å². The zero-order valence-electron chi connectivity index (χ0n) is 13.8. The standard InChI is InChI=1S/C17H24N4O2S/c22-16-4-11-24-15-3-2-13(12-14(15)20-16)17(23)19-5-1-8-21-9-6-18-7-10-21/h2-3,12,18H,1,4-11H2,(H,19,23)(H,20,22). The summed E-state index contributed by atoms with van der Waals surface area (Å²) in [5.74, 6) is 0.701. The van der Waals surface area contributed by atoms with Crippen molar-refractivity contribution >= 4 is 29.3 Å². The summed E-state index contributed by atoms with van der Waals surface area (Å²) < 4.78 is 0. The third kappa shape index (κ3) is 4.72. The van der Waals surface area contributed by atoms with Gasteiger partial charge < -0.3 is 20.9 Å². The van der Waals surface area contributed by atoms with Gasteiger partial charge in [-0.3, -0.25) is 9.59 Å². The second-order valence-electron chi connectivity index (χ2n) is 6.06. The number of thioether (sulfide) groups is 1. The minimum atomic E-state index is -0.0818. The van der Waals surface area contributed by atoms with Crippen LogP contribution in [0.1, 0.15) is 23.2 Å². The lowest BCUT2D eigenvalue weighted by Gasteiger charge is -2.27. The number of anilines is 1. The summed E-state index contributed by atoms with van der Waals surface area (Å²) in [4.78, 5) is 27.4. The number of hydrogen-bond acceptors (Lipinski definition) is 5. The summed E-state index contributed by atoms with van der Waals surface area (Å²) in [5, 5.41) is 9.18. The minimum absolute atomic E-state index is 0.00910. The Labute approximate surface area is 146 Å². The first-order valence-electron chi connectivity index (χ1n) is 8.50. The number of piperazine rings is 1. The topological polar surface area (TPSA) is 73.5 Å². The highest BCUT2D eigenvalue weighted by atomic mass is 32.2. The highest BCUT2D eigenvalue weighted by Crippen LogP contribution is 2.31. The third-order valence-corrected chi connectivity index (χ3v) is 5.32. The molecule has 0 spiro atoms. The summed E-state index contributed by atoms with van der Waals surface area (Å²) in [7, 11) is 0. The normalized spacial score (nSPS) is 18.4. The van der Waals surface area contributed by atoms with Crippen LogP contribution in [0.3, 0.4) is 0 Å². The van der Waals surface area contributed by atoms with Gasteiger partial charge in [0.05, 0.1) is 5.69 Å². The molecule has 1 aromatic carbocycles. The number of rotatable bonds is 5. The fourth-order valence-corrected chi connectivity index (χ4v) is 3.84. The molecule has 2 aliphatic heterocycles. The number of amides is 2. The van der Waals surface area contributed by atoms with E-state index in [0.717, 1.165) is 55.5 Å². The fourth-order valence-electron chi connectivity index (χ4n) is 2.90. The van der Waals surface area contributed by atoms with E-state index in [2.05, 4.69) is 20.9 Å². The van der Waals surface area contributed by atoms with Crippen molar-refractivity contribution in [3.8, 4) is 0 Å². The first-order chi connectivity index (χ1) is 11.7. The summed E-state index contributed by atoms with van der Waals surface area (Å²) >= 11 is 1.65. The van der Waals surface area contributed by atoms with Gasteiger partial charge in [0.1, 0.15) is 0 Å². The van der Waals surface area contributed by atoms with Crippen molar-refractivity contribution in [2.24, 2.45) is 0 Å². The molecule has 0 atom stereocenters. The van der Waals surface area contributed by atoms with Crippen LogP contribution in [-0.2, 0) is 4.79 Å². The molecule has 7 heteroatoms. The number of carbonyl (C=O) groups is 2. The second kappa shape index (κ2) is 8.50. The Morgan fingerprint density at radius 3 is 2.96 bits per heavy atom. The van der Waals surface area contributed by atoms with E-state index in [1.165, 1.54) is 0 Å². The molecule has 0 unspecified atom stereocenters. The lowest BCUT2D eigenvalue weighted by Crippen LogP contribution is -2.44. The average molecular weight is 348 g/mol. The van der Waals surface area contributed by atoms with Gasteiger partial charge in [-0.1, -0.05) is 0 Å². The van der Waals surface area contributed by atoms with Crippen molar-refractivity contribution < 1.29 is 9.59 Å². The summed E-state index contributed by atoms with van der Waals surface area (Å²) in [6.45, 7) is 5.93. The first-order valence-corrected chi connectivity index (χ1v) is 9.49. The van der Waals surface area contributed by atoms with Crippen LogP contribution in [0.5, 0.6) is 0 Å². The largest absolute Gasteiger partial charge is 0.352 e. The molecular weight excluding hydrogens is 324 g/mol. The Hall–Kier alpha value is -1.57. The molecule has 130 valence electrons. The number of carbonyl (C=O) groups excluding carboxylic acids is 2.